The lowest BCUT2D eigenvalue weighted by molar-refractivity contribution is -0.236. The van der Waals surface area contributed by atoms with Gasteiger partial charge in [-0.3, -0.25) is 19.2 Å². The molecule has 0 bridgehead atoms. The maximum atomic E-state index is 12.7. The Morgan fingerprint density at radius 2 is 1.30 bits per heavy atom. The molecule has 5 rings (SSSR count). The Balaban J connectivity index is 1.61. The van der Waals surface area contributed by atoms with Crippen LogP contribution in [0.15, 0.2) is 11.6 Å². The van der Waals surface area contributed by atoms with Crippen molar-refractivity contribution in [2.24, 2.45) is 50.2 Å². The highest BCUT2D eigenvalue weighted by Crippen LogP contribution is 2.76. The van der Waals surface area contributed by atoms with Gasteiger partial charge in [0.25, 0.3) is 0 Å². The molecule has 4 fully saturated rings. The minimum Gasteiger partial charge on any atom is -0.465 e. The summed E-state index contributed by atoms with van der Waals surface area (Å²) in [5.41, 5.74) is 0.210. The van der Waals surface area contributed by atoms with E-state index in [1.165, 1.54) is 33.3 Å². The topological polar surface area (TPSA) is 105 Å². The van der Waals surface area contributed by atoms with Gasteiger partial charge in [0.15, 0.2) is 0 Å². The normalized spacial score (nSPS) is 44.1. The summed E-state index contributed by atoms with van der Waals surface area (Å²) >= 11 is 0. The first kappa shape index (κ1) is 34.9. The van der Waals surface area contributed by atoms with Crippen molar-refractivity contribution in [1.29, 1.82) is 0 Å². The number of carbonyl (C=O) groups excluding carboxylic acids is 4. The molecule has 5 aliphatic carbocycles. The lowest BCUT2D eigenvalue weighted by Crippen LogP contribution is -2.68. The third kappa shape index (κ3) is 5.41. The van der Waals surface area contributed by atoms with Crippen LogP contribution in [0.4, 0.5) is 0 Å². The van der Waals surface area contributed by atoms with Crippen LogP contribution in [0.5, 0.6) is 0 Å². The Bertz CT molecular complexity index is 1300. The first-order valence-corrected chi connectivity index (χ1v) is 17.6. The van der Waals surface area contributed by atoms with Gasteiger partial charge in [-0.25, -0.2) is 0 Å². The van der Waals surface area contributed by atoms with Crippen LogP contribution in [0, 0.1) is 50.2 Å². The molecule has 0 amide bonds. The summed E-state index contributed by atoms with van der Waals surface area (Å²) in [6.07, 6.45) is 9.82. The Hall–Kier alpha value is -2.38. The van der Waals surface area contributed by atoms with Gasteiger partial charge in [-0.2, -0.15) is 0 Å². The summed E-state index contributed by atoms with van der Waals surface area (Å²) in [4.78, 5) is 49.2. The van der Waals surface area contributed by atoms with Crippen LogP contribution in [0.2, 0.25) is 0 Å². The van der Waals surface area contributed by atoms with E-state index in [1.807, 2.05) is 0 Å². The summed E-state index contributed by atoms with van der Waals surface area (Å²) in [6.45, 7) is 20.5. The van der Waals surface area contributed by atoms with Crippen LogP contribution in [0.1, 0.15) is 127 Å². The number of allylic oxidation sites excluding steroid dienone is 2. The van der Waals surface area contributed by atoms with Crippen LogP contribution in [-0.2, 0) is 38.1 Å². The Kier molecular flexibility index (Phi) is 8.85. The highest BCUT2D eigenvalue weighted by Gasteiger charge is 2.71. The average Bonchev–Trinajstić information content (AvgIpc) is 2.93. The molecule has 8 heteroatoms. The molecular formula is C38H58O8. The van der Waals surface area contributed by atoms with E-state index in [0.717, 1.165) is 51.4 Å². The third-order valence-corrected chi connectivity index (χ3v) is 14.3. The second-order valence-electron chi connectivity index (χ2n) is 17.5. The number of fused-ring (bicyclic) bond motifs is 7. The van der Waals surface area contributed by atoms with Gasteiger partial charge in [0.05, 0.1) is 0 Å². The molecule has 0 heterocycles. The first-order chi connectivity index (χ1) is 21.2. The van der Waals surface area contributed by atoms with Crippen molar-refractivity contribution in [2.75, 3.05) is 13.2 Å². The zero-order valence-electron chi connectivity index (χ0n) is 30.0. The summed E-state index contributed by atoms with van der Waals surface area (Å²) in [5, 5.41) is 0. The minimum absolute atomic E-state index is 0.0847. The van der Waals surface area contributed by atoms with E-state index < -0.39 is 10.8 Å². The smallest absolute Gasteiger partial charge is 0.302 e. The van der Waals surface area contributed by atoms with Gasteiger partial charge in [0, 0.05) is 38.5 Å². The summed E-state index contributed by atoms with van der Waals surface area (Å²) < 4.78 is 23.8. The molecule has 5 aliphatic rings. The van der Waals surface area contributed by atoms with Crippen molar-refractivity contribution in [3.05, 3.63) is 11.6 Å². The maximum absolute atomic E-state index is 12.7. The quantitative estimate of drug-likeness (QED) is 0.168. The van der Waals surface area contributed by atoms with Gasteiger partial charge < -0.3 is 18.9 Å². The molecule has 10 atom stereocenters. The van der Waals surface area contributed by atoms with E-state index in [2.05, 4.69) is 47.6 Å². The average molecular weight is 643 g/mol. The zero-order valence-corrected chi connectivity index (χ0v) is 30.0. The van der Waals surface area contributed by atoms with E-state index in [1.54, 1.807) is 0 Å². The molecule has 4 saturated carbocycles. The minimum atomic E-state index is -0.504. The Morgan fingerprint density at radius 3 is 1.91 bits per heavy atom. The molecule has 0 spiro atoms. The van der Waals surface area contributed by atoms with Crippen molar-refractivity contribution in [2.45, 2.75) is 139 Å². The molecule has 0 radical (unpaired) electrons. The number of rotatable bonds is 6. The van der Waals surface area contributed by atoms with Gasteiger partial charge in [-0.05, 0) is 97.2 Å². The molecule has 0 N–H and O–H groups in total. The zero-order chi connectivity index (χ0) is 34.1. The van der Waals surface area contributed by atoms with Gasteiger partial charge in [0.1, 0.15) is 25.4 Å². The fraction of sp³-hybridized carbons (Fsp3) is 0.842. The van der Waals surface area contributed by atoms with E-state index in [9.17, 15) is 19.2 Å². The number of ether oxygens (including phenoxy) is 4. The molecule has 258 valence electrons. The summed E-state index contributed by atoms with van der Waals surface area (Å²) in [5.74, 6) is -0.547. The van der Waals surface area contributed by atoms with E-state index in [-0.39, 0.29) is 82.8 Å². The van der Waals surface area contributed by atoms with Gasteiger partial charge in [0.2, 0.25) is 0 Å². The number of hydrogen-bond acceptors (Lipinski definition) is 8. The molecule has 8 nitrogen and oxygen atoms in total. The van der Waals surface area contributed by atoms with Crippen molar-refractivity contribution < 1.29 is 38.1 Å². The Labute approximate surface area is 276 Å². The van der Waals surface area contributed by atoms with Crippen molar-refractivity contribution >= 4 is 23.9 Å². The Morgan fingerprint density at radius 1 is 0.696 bits per heavy atom. The molecule has 0 aliphatic heterocycles. The van der Waals surface area contributed by atoms with Crippen LogP contribution in [-0.4, -0.2) is 49.3 Å². The molecule has 0 saturated heterocycles. The first-order valence-electron chi connectivity index (χ1n) is 17.6. The van der Waals surface area contributed by atoms with Gasteiger partial charge in [-0.1, -0.05) is 53.2 Å². The van der Waals surface area contributed by atoms with Crippen LogP contribution in [0.3, 0.4) is 0 Å². The molecule has 0 aromatic carbocycles. The standard InChI is InChI=1S/C38H58O8/c1-23(39)43-21-35(8)29-13-16-36(9)30(34(29,7)15-14-31(35)45-25(3)41)12-11-27-28-19-33(5,6)17-18-38(28,22-44-24(2)40)32(46-26(4)42)20-37(27,36)10/h11,28-32H,12-22H2,1-10H3/t28-,29+,30+,31-,32+,34-,35-,36+,37+,38+/m0/s1. The largest absolute Gasteiger partial charge is 0.465 e. The fourth-order valence-electron chi connectivity index (χ4n) is 11.9. The lowest BCUT2D eigenvalue weighted by Gasteiger charge is -2.72. The molecular weight excluding hydrogens is 584 g/mol. The molecule has 0 aromatic rings. The molecule has 0 unspecified atom stereocenters. The fourth-order valence-corrected chi connectivity index (χ4v) is 11.9. The van der Waals surface area contributed by atoms with Crippen molar-refractivity contribution in [3.8, 4) is 0 Å². The summed E-state index contributed by atoms with van der Waals surface area (Å²) in [6, 6.07) is 0. The number of esters is 4. The maximum Gasteiger partial charge on any atom is 0.302 e. The van der Waals surface area contributed by atoms with Crippen LogP contribution < -0.4 is 0 Å². The van der Waals surface area contributed by atoms with E-state index in [4.69, 9.17) is 18.9 Å². The highest BCUT2D eigenvalue weighted by atomic mass is 16.6. The monoisotopic (exact) mass is 642 g/mol. The molecule has 0 aromatic heterocycles. The summed E-state index contributed by atoms with van der Waals surface area (Å²) in [7, 11) is 0. The van der Waals surface area contributed by atoms with E-state index >= 15 is 0 Å². The number of hydrogen-bond donors (Lipinski definition) is 0. The molecule has 46 heavy (non-hydrogen) atoms. The van der Waals surface area contributed by atoms with E-state index in [0.29, 0.717) is 12.3 Å². The van der Waals surface area contributed by atoms with Gasteiger partial charge >= 0.3 is 23.9 Å². The predicted octanol–water partition coefficient (Wildman–Crippen LogP) is 7.37. The number of carbonyl (C=O) groups is 4. The highest BCUT2D eigenvalue weighted by molar-refractivity contribution is 5.67. The second kappa shape index (κ2) is 11.6. The third-order valence-electron chi connectivity index (χ3n) is 14.3. The van der Waals surface area contributed by atoms with Crippen LogP contribution in [0.25, 0.3) is 0 Å². The predicted molar refractivity (Wildman–Crippen MR) is 173 cm³/mol. The second-order valence-corrected chi connectivity index (χ2v) is 17.5. The SMILES string of the molecule is CC(=O)OC[C@@]1(C)[C@@H]2CC[C@]3(C)[C@H](CC=C4[C@@H]5CC(C)(C)CC[C@]5(COC(C)=O)[C@H](OC(C)=O)C[C@]43C)[C@@]2(C)CC[C@@H]1OC(C)=O. The van der Waals surface area contributed by atoms with Crippen molar-refractivity contribution in [3.63, 3.8) is 0 Å². The van der Waals surface area contributed by atoms with Crippen LogP contribution >= 0.6 is 0 Å². The van der Waals surface area contributed by atoms with Crippen molar-refractivity contribution in [1.82, 2.24) is 0 Å². The lowest BCUT2D eigenvalue weighted by atomic mass is 9.33. The van der Waals surface area contributed by atoms with Gasteiger partial charge in [-0.15, -0.1) is 0 Å².